The first-order valence-electron chi connectivity index (χ1n) is 16.0. The number of pyridine rings is 1. The number of nitrogens with zero attached hydrogens (tertiary/aromatic N) is 4. The summed E-state index contributed by atoms with van der Waals surface area (Å²) in [4.78, 5) is 45.5. The molecule has 3 amide bonds. The number of para-hydroxylation sites is 1. The van der Waals surface area contributed by atoms with Crippen molar-refractivity contribution in [3.8, 4) is 0 Å². The zero-order valence-corrected chi connectivity index (χ0v) is 27.1. The zero-order valence-electron chi connectivity index (χ0n) is 27.1. The van der Waals surface area contributed by atoms with E-state index in [2.05, 4.69) is 25.8 Å². The lowest BCUT2D eigenvalue weighted by atomic mass is 10.1. The Bertz CT molecular complexity index is 1950. The minimum Gasteiger partial charge on any atom is -0.379 e. The molecule has 11 nitrogen and oxygen atoms in total. The fourth-order valence-corrected chi connectivity index (χ4v) is 5.63. The van der Waals surface area contributed by atoms with E-state index in [0.717, 1.165) is 47.5 Å². The summed E-state index contributed by atoms with van der Waals surface area (Å²) >= 11 is 0. The van der Waals surface area contributed by atoms with E-state index in [0.29, 0.717) is 42.4 Å². The minimum absolute atomic E-state index is 0.0927. The maximum Gasteiger partial charge on any atom is 0.268 e. The smallest absolute Gasteiger partial charge is 0.268 e. The molecule has 5 aromatic rings. The highest BCUT2D eigenvalue weighted by atomic mass is 16.5. The molecular formula is C37H39N7O4. The van der Waals surface area contributed by atoms with Gasteiger partial charge in [0, 0.05) is 69.3 Å². The van der Waals surface area contributed by atoms with Gasteiger partial charge in [-0.3, -0.25) is 19.3 Å². The van der Waals surface area contributed by atoms with Crippen LogP contribution in [0.5, 0.6) is 0 Å². The second-order valence-corrected chi connectivity index (χ2v) is 11.8. The summed E-state index contributed by atoms with van der Waals surface area (Å²) in [5, 5.41) is 9.85. The highest BCUT2D eigenvalue weighted by molar-refractivity contribution is 6.04. The number of aryl methyl sites for hydroxylation is 2. The van der Waals surface area contributed by atoms with E-state index in [4.69, 9.17) is 4.74 Å². The number of morpholine rings is 1. The van der Waals surface area contributed by atoms with Gasteiger partial charge in [0.15, 0.2) is 0 Å². The van der Waals surface area contributed by atoms with Crippen molar-refractivity contribution in [2.75, 3.05) is 50.0 Å². The fraction of sp³-hybridized carbons (Fsp3) is 0.243. The van der Waals surface area contributed by atoms with Crippen molar-refractivity contribution in [3.63, 3.8) is 0 Å². The number of hydrogen-bond acceptors (Lipinski definition) is 6. The van der Waals surface area contributed by atoms with Crippen LogP contribution >= 0.6 is 0 Å². The number of anilines is 2. The molecule has 1 fully saturated rings. The van der Waals surface area contributed by atoms with Crippen LogP contribution in [0.15, 0.2) is 85.2 Å². The Morgan fingerprint density at radius 3 is 2.40 bits per heavy atom. The lowest BCUT2D eigenvalue weighted by Crippen LogP contribution is -2.41. The Kier molecular flexibility index (Phi) is 10.1. The average Bonchev–Trinajstić information content (AvgIpc) is 3.63. The van der Waals surface area contributed by atoms with Crippen molar-refractivity contribution in [3.05, 3.63) is 113 Å². The van der Waals surface area contributed by atoms with Crippen LogP contribution in [-0.4, -0.2) is 76.1 Å². The van der Waals surface area contributed by atoms with Crippen molar-refractivity contribution in [2.45, 2.75) is 6.42 Å². The molecular weight excluding hydrogens is 606 g/mol. The van der Waals surface area contributed by atoms with Gasteiger partial charge in [0.2, 0.25) is 5.91 Å². The number of rotatable bonds is 11. The van der Waals surface area contributed by atoms with Gasteiger partial charge in [0.1, 0.15) is 5.69 Å². The molecule has 1 aliphatic rings. The molecule has 1 saturated heterocycles. The van der Waals surface area contributed by atoms with E-state index in [1.165, 1.54) is 0 Å². The van der Waals surface area contributed by atoms with Crippen LogP contribution in [0, 0.1) is 0 Å². The zero-order chi connectivity index (χ0) is 33.5. The summed E-state index contributed by atoms with van der Waals surface area (Å²) in [6.45, 7) is 4.46. The molecule has 11 heteroatoms. The maximum atomic E-state index is 13.0. The first kappa shape index (κ1) is 32.4. The van der Waals surface area contributed by atoms with Gasteiger partial charge in [0.05, 0.1) is 42.2 Å². The van der Waals surface area contributed by atoms with Crippen molar-refractivity contribution in [2.24, 2.45) is 14.1 Å². The van der Waals surface area contributed by atoms with Crippen LogP contribution in [-0.2, 0) is 30.0 Å². The van der Waals surface area contributed by atoms with Gasteiger partial charge in [-0.2, -0.15) is 0 Å². The van der Waals surface area contributed by atoms with Crippen LogP contribution in [0.2, 0.25) is 0 Å². The largest absolute Gasteiger partial charge is 0.379 e. The van der Waals surface area contributed by atoms with E-state index in [9.17, 15) is 14.4 Å². The molecule has 0 saturated carbocycles. The number of amides is 3. The van der Waals surface area contributed by atoms with Gasteiger partial charge in [-0.15, -0.1) is 0 Å². The molecule has 48 heavy (non-hydrogen) atoms. The number of nitrogens with one attached hydrogen (secondary N) is 3. The van der Waals surface area contributed by atoms with Gasteiger partial charge in [0.25, 0.3) is 11.8 Å². The van der Waals surface area contributed by atoms with Crippen LogP contribution in [0.3, 0.4) is 0 Å². The fourth-order valence-electron chi connectivity index (χ4n) is 5.63. The Hall–Kier alpha value is -5.52. The molecule has 246 valence electrons. The van der Waals surface area contributed by atoms with Crippen LogP contribution in [0.1, 0.15) is 37.8 Å². The lowest BCUT2D eigenvalue weighted by Gasteiger charge is -2.26. The number of ether oxygens (including phenoxy) is 1. The number of benzene rings is 2. The molecule has 1 aliphatic heterocycles. The SMILES string of the molecule is Cn1cc(NC(=O)c2ccc(/C=C/c3ccc4ccccc4n3)cc2)cc1CC(=O)Nc1cc(C(=O)NCCN2CCOCC2)n(C)c1. The van der Waals surface area contributed by atoms with Gasteiger partial charge >= 0.3 is 0 Å². The Labute approximate surface area is 279 Å². The summed E-state index contributed by atoms with van der Waals surface area (Å²) < 4.78 is 8.87. The number of fused-ring (bicyclic) bond motifs is 1. The summed E-state index contributed by atoms with van der Waals surface area (Å²) in [5.41, 5.74) is 5.58. The second kappa shape index (κ2) is 14.9. The predicted molar refractivity (Wildman–Crippen MR) is 188 cm³/mol. The molecule has 2 aromatic carbocycles. The van der Waals surface area contributed by atoms with Gasteiger partial charge in [-0.1, -0.05) is 42.5 Å². The van der Waals surface area contributed by atoms with Crippen LogP contribution in [0.25, 0.3) is 23.1 Å². The molecule has 0 spiro atoms. The first-order chi connectivity index (χ1) is 23.3. The third-order valence-electron chi connectivity index (χ3n) is 8.29. The van der Waals surface area contributed by atoms with E-state index in [1.807, 2.05) is 72.3 Å². The Balaban J connectivity index is 0.990. The van der Waals surface area contributed by atoms with Crippen molar-refractivity contribution >= 4 is 52.2 Å². The monoisotopic (exact) mass is 645 g/mol. The Morgan fingerprint density at radius 2 is 1.58 bits per heavy atom. The molecule has 4 heterocycles. The van der Waals surface area contributed by atoms with Gasteiger partial charge < -0.3 is 29.8 Å². The molecule has 0 atom stereocenters. The van der Waals surface area contributed by atoms with Crippen molar-refractivity contribution in [1.82, 2.24) is 24.3 Å². The predicted octanol–water partition coefficient (Wildman–Crippen LogP) is 4.58. The highest BCUT2D eigenvalue weighted by Crippen LogP contribution is 2.18. The average molecular weight is 646 g/mol. The van der Waals surface area contributed by atoms with Crippen molar-refractivity contribution in [1.29, 1.82) is 0 Å². The third-order valence-corrected chi connectivity index (χ3v) is 8.29. The van der Waals surface area contributed by atoms with E-state index in [1.54, 1.807) is 48.3 Å². The van der Waals surface area contributed by atoms with E-state index in [-0.39, 0.29) is 24.1 Å². The molecule has 3 aromatic heterocycles. The first-order valence-corrected chi connectivity index (χ1v) is 16.0. The molecule has 0 aliphatic carbocycles. The molecule has 0 unspecified atom stereocenters. The maximum absolute atomic E-state index is 13.0. The summed E-state index contributed by atoms with van der Waals surface area (Å²) in [6, 6.07) is 22.8. The number of hydrogen-bond donors (Lipinski definition) is 3. The lowest BCUT2D eigenvalue weighted by molar-refractivity contribution is -0.115. The van der Waals surface area contributed by atoms with Gasteiger partial charge in [-0.05, 0) is 48.0 Å². The Morgan fingerprint density at radius 1 is 0.833 bits per heavy atom. The number of carbonyl (C=O) groups is 3. The standard InChI is InChI=1S/C37H39N7O4/c1-42-24-30(41-36(46)28-10-7-26(8-11-28)9-13-29-14-12-27-5-3-4-6-33(27)39-29)21-32(42)23-35(45)40-31-22-34(43(2)25-31)37(47)38-15-16-44-17-19-48-20-18-44/h3-14,21-22,24-25H,15-20,23H2,1-2H3,(H,38,47)(H,40,45)(H,41,46)/b13-9+. The van der Waals surface area contributed by atoms with E-state index >= 15 is 0 Å². The quantitative estimate of drug-likeness (QED) is 0.193. The number of aromatic nitrogens is 3. The molecule has 0 bridgehead atoms. The normalized spacial score (nSPS) is 13.5. The van der Waals surface area contributed by atoms with Crippen molar-refractivity contribution < 1.29 is 19.1 Å². The van der Waals surface area contributed by atoms with E-state index < -0.39 is 0 Å². The molecule has 3 N–H and O–H groups in total. The summed E-state index contributed by atoms with van der Waals surface area (Å²) in [7, 11) is 3.60. The third kappa shape index (κ3) is 8.24. The molecule has 6 rings (SSSR count). The molecule has 0 radical (unpaired) electrons. The van der Waals surface area contributed by atoms with Crippen LogP contribution in [0.4, 0.5) is 11.4 Å². The van der Waals surface area contributed by atoms with Gasteiger partial charge in [-0.25, -0.2) is 4.98 Å². The topological polar surface area (TPSA) is 123 Å². The summed E-state index contributed by atoms with van der Waals surface area (Å²) in [6.07, 6.45) is 7.50. The minimum atomic E-state index is -0.247. The second-order valence-electron chi connectivity index (χ2n) is 11.8. The van der Waals surface area contributed by atoms with Crippen LogP contribution < -0.4 is 16.0 Å². The highest BCUT2D eigenvalue weighted by Gasteiger charge is 2.16. The number of carbonyl (C=O) groups excluding carboxylic acids is 3. The summed E-state index contributed by atoms with van der Waals surface area (Å²) in [5.74, 6) is -0.677.